The number of carbonyl (C=O) groups is 1. The van der Waals surface area contributed by atoms with Gasteiger partial charge in [-0.1, -0.05) is 29.6 Å². The van der Waals surface area contributed by atoms with E-state index in [9.17, 15) is 13.2 Å². The van der Waals surface area contributed by atoms with Crippen LogP contribution in [-0.2, 0) is 14.8 Å². The van der Waals surface area contributed by atoms with Gasteiger partial charge in [0, 0.05) is 12.0 Å². The highest BCUT2D eigenvalue weighted by Crippen LogP contribution is 2.29. The van der Waals surface area contributed by atoms with Crippen LogP contribution < -0.4 is 14.8 Å². The van der Waals surface area contributed by atoms with E-state index < -0.39 is 10.0 Å². The molecule has 27 heavy (non-hydrogen) atoms. The summed E-state index contributed by atoms with van der Waals surface area (Å²) in [5.41, 5.74) is 0.777. The summed E-state index contributed by atoms with van der Waals surface area (Å²) in [4.78, 5) is 11.3. The number of carbonyl (C=O) groups excluding carboxylic acids is 1. The van der Waals surface area contributed by atoms with Gasteiger partial charge in [-0.15, -0.1) is 20.4 Å². The van der Waals surface area contributed by atoms with E-state index in [2.05, 4.69) is 30.4 Å². The molecule has 13 heteroatoms. The fraction of sp³-hybridized carbons (Fsp3) is 0.214. The number of nitrogens with zero attached hydrogens (tertiary/aromatic N) is 4. The third-order valence-corrected chi connectivity index (χ3v) is 6.75. The van der Waals surface area contributed by atoms with Gasteiger partial charge in [-0.05, 0) is 24.3 Å². The lowest BCUT2D eigenvalue weighted by Gasteiger charge is -2.00. The summed E-state index contributed by atoms with van der Waals surface area (Å²) < 4.78 is 31.9. The van der Waals surface area contributed by atoms with Crippen molar-refractivity contribution in [3.05, 3.63) is 24.3 Å². The average molecular weight is 427 g/mol. The van der Waals surface area contributed by atoms with E-state index in [1.165, 1.54) is 0 Å². The number of anilines is 2. The molecule has 0 unspecified atom stereocenters. The minimum atomic E-state index is -3.98. The zero-order valence-corrected chi connectivity index (χ0v) is 16.6. The largest absolute Gasteiger partial charge is 0.497 e. The van der Waals surface area contributed by atoms with Crippen LogP contribution in [0, 0.1) is 0 Å². The molecule has 0 bridgehead atoms. The molecule has 0 spiro atoms. The predicted octanol–water partition coefficient (Wildman–Crippen LogP) is 2.21. The molecule has 3 aromatic rings. The zero-order valence-electron chi connectivity index (χ0n) is 14.2. The standard InChI is InChI=1S/C14H14N6O4S3/c1-3-10(21)15-12-17-19-14(26-12)27(22,23)20-13-18-16-11(25-13)8-4-6-9(24-2)7-5-8/h4-7H,3H2,1-2H3,(H,18,20)(H,15,17,21). The number of rotatable bonds is 7. The zero-order chi connectivity index (χ0) is 19.4. The summed E-state index contributed by atoms with van der Waals surface area (Å²) in [5.74, 6) is 0.419. The molecule has 0 atom stereocenters. The molecular formula is C14H14N6O4S3. The van der Waals surface area contributed by atoms with Crippen LogP contribution in [0.1, 0.15) is 13.3 Å². The summed E-state index contributed by atoms with van der Waals surface area (Å²) in [6.45, 7) is 1.67. The molecule has 1 aromatic carbocycles. The van der Waals surface area contributed by atoms with Gasteiger partial charge in [-0.3, -0.25) is 9.52 Å². The molecule has 0 radical (unpaired) electrons. The number of ether oxygens (including phenoxy) is 1. The smallest absolute Gasteiger partial charge is 0.293 e. The summed E-state index contributed by atoms with van der Waals surface area (Å²) >= 11 is 1.82. The highest BCUT2D eigenvalue weighted by Gasteiger charge is 2.23. The van der Waals surface area contributed by atoms with Crippen molar-refractivity contribution in [2.75, 3.05) is 17.1 Å². The number of hydrogen-bond acceptors (Lipinski definition) is 10. The Labute approximate surface area is 162 Å². The van der Waals surface area contributed by atoms with Crippen LogP contribution in [0.25, 0.3) is 10.6 Å². The number of hydrogen-bond donors (Lipinski definition) is 2. The summed E-state index contributed by atoms with van der Waals surface area (Å²) in [6, 6.07) is 7.14. The molecule has 2 aromatic heterocycles. The minimum absolute atomic E-state index is 0.0927. The molecule has 0 aliphatic carbocycles. The van der Waals surface area contributed by atoms with E-state index in [4.69, 9.17) is 4.74 Å². The summed E-state index contributed by atoms with van der Waals surface area (Å²) in [5, 5.41) is 18.3. The monoisotopic (exact) mass is 426 g/mol. The molecule has 3 rings (SSSR count). The van der Waals surface area contributed by atoms with Gasteiger partial charge in [0.2, 0.25) is 16.2 Å². The van der Waals surface area contributed by atoms with E-state index >= 15 is 0 Å². The quantitative estimate of drug-likeness (QED) is 0.549. The van der Waals surface area contributed by atoms with Gasteiger partial charge in [0.15, 0.2) is 0 Å². The van der Waals surface area contributed by atoms with Crippen LogP contribution in [0.2, 0.25) is 0 Å². The topological polar surface area (TPSA) is 136 Å². The molecule has 0 aliphatic heterocycles. The van der Waals surface area contributed by atoms with E-state index in [0.717, 1.165) is 28.2 Å². The summed E-state index contributed by atoms with van der Waals surface area (Å²) in [6.07, 6.45) is 0.249. The van der Waals surface area contributed by atoms with Crippen LogP contribution >= 0.6 is 22.7 Å². The van der Waals surface area contributed by atoms with E-state index in [0.29, 0.717) is 10.8 Å². The molecule has 0 saturated heterocycles. The fourth-order valence-electron chi connectivity index (χ4n) is 1.85. The molecule has 142 valence electrons. The molecular weight excluding hydrogens is 412 g/mol. The number of nitrogens with one attached hydrogen (secondary N) is 2. The third-order valence-electron chi connectivity index (χ3n) is 3.19. The van der Waals surface area contributed by atoms with Gasteiger partial charge < -0.3 is 10.1 Å². The SMILES string of the molecule is CCC(=O)Nc1nnc(S(=O)(=O)Nc2nnc(-c3ccc(OC)cc3)s2)s1. The van der Waals surface area contributed by atoms with Crippen molar-refractivity contribution < 1.29 is 17.9 Å². The molecule has 2 heterocycles. The number of aromatic nitrogens is 4. The Hall–Kier alpha value is -2.64. The lowest BCUT2D eigenvalue weighted by molar-refractivity contribution is -0.115. The van der Waals surface area contributed by atoms with Gasteiger partial charge >= 0.3 is 0 Å². The van der Waals surface area contributed by atoms with Crippen LogP contribution in [0.4, 0.5) is 10.3 Å². The fourth-order valence-corrected chi connectivity index (χ4v) is 4.75. The normalized spacial score (nSPS) is 11.2. The molecule has 10 nitrogen and oxygen atoms in total. The van der Waals surface area contributed by atoms with Gasteiger partial charge in [-0.2, -0.15) is 8.42 Å². The summed E-state index contributed by atoms with van der Waals surface area (Å²) in [7, 11) is -2.41. The Morgan fingerprint density at radius 1 is 1.07 bits per heavy atom. The van der Waals surface area contributed by atoms with Crippen molar-refractivity contribution in [2.45, 2.75) is 17.7 Å². The van der Waals surface area contributed by atoms with E-state index in [1.807, 2.05) is 0 Å². The van der Waals surface area contributed by atoms with Crippen molar-refractivity contribution >= 4 is 48.9 Å². The second kappa shape index (κ2) is 7.94. The lowest BCUT2D eigenvalue weighted by Crippen LogP contribution is -2.12. The van der Waals surface area contributed by atoms with Gasteiger partial charge in [-0.25, -0.2) is 0 Å². The highest BCUT2D eigenvalue weighted by atomic mass is 32.2. The molecule has 1 amide bonds. The molecule has 0 fully saturated rings. The van der Waals surface area contributed by atoms with Crippen molar-refractivity contribution in [3.63, 3.8) is 0 Å². The first kappa shape index (κ1) is 19.1. The van der Waals surface area contributed by atoms with Crippen LogP contribution in [0.5, 0.6) is 5.75 Å². The Kier molecular flexibility index (Phi) is 5.62. The Morgan fingerprint density at radius 3 is 2.44 bits per heavy atom. The van der Waals surface area contributed by atoms with Gasteiger partial charge in [0.25, 0.3) is 14.4 Å². The van der Waals surface area contributed by atoms with Crippen LogP contribution in [-0.4, -0.2) is 41.8 Å². The minimum Gasteiger partial charge on any atom is -0.497 e. The Bertz CT molecular complexity index is 1050. The predicted molar refractivity (Wildman–Crippen MR) is 102 cm³/mol. The highest BCUT2D eigenvalue weighted by molar-refractivity contribution is 7.94. The van der Waals surface area contributed by atoms with E-state index in [1.54, 1.807) is 38.3 Å². The van der Waals surface area contributed by atoms with Crippen molar-refractivity contribution in [3.8, 4) is 16.3 Å². The number of benzene rings is 1. The van der Waals surface area contributed by atoms with Gasteiger partial charge in [0.1, 0.15) is 10.8 Å². The number of methoxy groups -OCH3 is 1. The van der Waals surface area contributed by atoms with E-state index in [-0.39, 0.29) is 26.9 Å². The molecule has 2 N–H and O–H groups in total. The third kappa shape index (κ3) is 4.56. The Balaban J connectivity index is 1.74. The molecule has 0 aliphatic rings. The maximum absolute atomic E-state index is 12.4. The average Bonchev–Trinajstić information content (AvgIpc) is 3.31. The maximum atomic E-state index is 12.4. The van der Waals surface area contributed by atoms with Crippen LogP contribution in [0.3, 0.4) is 0 Å². The second-order valence-corrected chi connectivity index (χ2v) is 8.83. The maximum Gasteiger partial charge on any atom is 0.293 e. The van der Waals surface area contributed by atoms with Crippen molar-refractivity contribution in [2.24, 2.45) is 0 Å². The van der Waals surface area contributed by atoms with Crippen molar-refractivity contribution in [1.29, 1.82) is 0 Å². The van der Waals surface area contributed by atoms with Crippen LogP contribution in [0.15, 0.2) is 28.6 Å². The second-order valence-electron chi connectivity index (χ2n) is 5.02. The first-order valence-electron chi connectivity index (χ1n) is 7.55. The van der Waals surface area contributed by atoms with Gasteiger partial charge in [0.05, 0.1) is 7.11 Å². The van der Waals surface area contributed by atoms with Crippen molar-refractivity contribution in [1.82, 2.24) is 20.4 Å². The first-order valence-corrected chi connectivity index (χ1v) is 10.7. The first-order chi connectivity index (χ1) is 12.9. The molecule has 0 saturated carbocycles. The Morgan fingerprint density at radius 2 is 1.78 bits per heavy atom. The number of sulfonamides is 1. The number of amides is 1. The lowest BCUT2D eigenvalue weighted by atomic mass is 10.2.